The van der Waals surface area contributed by atoms with E-state index < -0.39 is 16.6 Å². The predicted molar refractivity (Wildman–Crippen MR) is 146 cm³/mol. The topological polar surface area (TPSA) is 9.23 Å². The molecule has 4 aromatic carbocycles. The van der Waals surface area contributed by atoms with Crippen molar-refractivity contribution in [3.63, 3.8) is 0 Å². The normalized spacial score (nSPS) is 14.9. The first-order chi connectivity index (χ1) is 15.9. The molecular formula is C30H34OSi2. The molecular weight excluding hydrogens is 433 g/mol. The molecule has 0 radical (unpaired) electrons. The highest BCUT2D eigenvalue weighted by atomic mass is 28.4. The molecule has 2 unspecified atom stereocenters. The van der Waals surface area contributed by atoms with Gasteiger partial charge in [0.05, 0.1) is 0 Å². The van der Waals surface area contributed by atoms with Gasteiger partial charge in [0.2, 0.25) is 16.6 Å². The molecule has 0 aliphatic carbocycles. The van der Waals surface area contributed by atoms with Gasteiger partial charge in [0, 0.05) is 0 Å². The molecule has 3 heteroatoms. The summed E-state index contributed by atoms with van der Waals surface area (Å²) in [5, 5.41) is 2.73. The van der Waals surface area contributed by atoms with Crippen molar-refractivity contribution in [1.29, 1.82) is 0 Å². The molecule has 0 saturated carbocycles. The maximum atomic E-state index is 7.54. The molecule has 0 fully saturated rings. The zero-order valence-corrected chi connectivity index (χ0v) is 22.2. The van der Waals surface area contributed by atoms with E-state index >= 15 is 0 Å². The quantitative estimate of drug-likeness (QED) is 0.283. The Labute approximate surface area is 201 Å². The molecule has 4 rings (SSSR count). The Hall–Kier alpha value is -2.73. The zero-order chi connectivity index (χ0) is 23.3. The Bertz CT molecular complexity index is 1060. The van der Waals surface area contributed by atoms with Gasteiger partial charge in [-0.1, -0.05) is 120 Å². The van der Waals surface area contributed by atoms with Gasteiger partial charge in [-0.05, 0) is 60.5 Å². The molecule has 0 saturated heterocycles. The Morgan fingerprint density at radius 3 is 1.15 bits per heavy atom. The summed E-state index contributed by atoms with van der Waals surface area (Å²) in [4.78, 5) is 0. The van der Waals surface area contributed by atoms with Crippen LogP contribution in [-0.4, -0.2) is 16.6 Å². The van der Waals surface area contributed by atoms with E-state index in [2.05, 4.69) is 136 Å². The van der Waals surface area contributed by atoms with Crippen molar-refractivity contribution in [3.05, 3.63) is 131 Å². The van der Waals surface area contributed by atoms with Gasteiger partial charge in [0.15, 0.2) is 0 Å². The number of aryl methyl sites for hydroxylation is 2. The first kappa shape index (κ1) is 23.4. The summed E-state index contributed by atoms with van der Waals surface area (Å²) in [7, 11) is -4.61. The molecule has 0 bridgehead atoms. The number of benzene rings is 4. The zero-order valence-electron chi connectivity index (χ0n) is 20.2. The van der Waals surface area contributed by atoms with Crippen LogP contribution in [0.1, 0.15) is 22.3 Å². The maximum absolute atomic E-state index is 7.54. The summed E-state index contributed by atoms with van der Waals surface area (Å²) in [5.41, 5.74) is 5.31. The van der Waals surface area contributed by atoms with Crippen LogP contribution in [0.25, 0.3) is 0 Å². The molecule has 4 aromatic rings. The minimum absolute atomic E-state index is 0.973. The Balaban J connectivity index is 1.76. The van der Waals surface area contributed by atoms with Crippen molar-refractivity contribution >= 4 is 27.0 Å². The van der Waals surface area contributed by atoms with Gasteiger partial charge < -0.3 is 4.12 Å². The van der Waals surface area contributed by atoms with E-state index in [9.17, 15) is 0 Å². The molecule has 0 aliphatic rings. The summed E-state index contributed by atoms with van der Waals surface area (Å²) < 4.78 is 7.54. The van der Waals surface area contributed by atoms with E-state index in [-0.39, 0.29) is 0 Å². The van der Waals surface area contributed by atoms with Crippen molar-refractivity contribution in [2.24, 2.45) is 0 Å². The monoisotopic (exact) mass is 466 g/mol. The molecule has 168 valence electrons. The van der Waals surface area contributed by atoms with Crippen LogP contribution >= 0.6 is 0 Å². The molecule has 0 spiro atoms. The van der Waals surface area contributed by atoms with E-state index in [1.165, 1.54) is 32.6 Å². The number of hydrogen-bond donors (Lipinski definition) is 0. The minimum atomic E-state index is -2.30. The highest BCUT2D eigenvalue weighted by Gasteiger charge is 2.42. The molecule has 2 atom stereocenters. The molecule has 1 nitrogen and oxygen atoms in total. The standard InChI is InChI=1S/C30H34OSi2/c1-25-15-19-27(20-16-25)23-32(3,29-11-7-5-8-12-29)31-33(4,30-13-9-6-10-14-30)24-28-21-17-26(2)18-22-28/h5-22H,23-24H2,1-4H3. The van der Waals surface area contributed by atoms with Crippen molar-refractivity contribution in [2.75, 3.05) is 0 Å². The second-order valence-corrected chi connectivity index (χ2v) is 17.2. The van der Waals surface area contributed by atoms with Crippen LogP contribution in [0.4, 0.5) is 0 Å². The molecule has 0 amide bonds. The van der Waals surface area contributed by atoms with Crippen molar-refractivity contribution in [1.82, 2.24) is 0 Å². The molecule has 33 heavy (non-hydrogen) atoms. The van der Waals surface area contributed by atoms with E-state index in [1.54, 1.807) is 0 Å². The third-order valence-electron chi connectivity index (χ3n) is 6.54. The van der Waals surface area contributed by atoms with Crippen LogP contribution in [0.3, 0.4) is 0 Å². The lowest BCUT2D eigenvalue weighted by atomic mass is 10.2. The molecule has 0 aliphatic heterocycles. The van der Waals surface area contributed by atoms with Crippen molar-refractivity contribution < 1.29 is 4.12 Å². The van der Waals surface area contributed by atoms with Gasteiger partial charge >= 0.3 is 0 Å². The largest absolute Gasteiger partial charge is 0.448 e. The van der Waals surface area contributed by atoms with Gasteiger partial charge in [-0.25, -0.2) is 0 Å². The molecule has 0 heterocycles. The van der Waals surface area contributed by atoms with E-state index in [1.807, 2.05) is 0 Å². The lowest BCUT2D eigenvalue weighted by molar-refractivity contribution is 0.552. The average Bonchev–Trinajstić information content (AvgIpc) is 2.83. The molecule has 0 aromatic heterocycles. The maximum Gasteiger partial charge on any atom is 0.213 e. The van der Waals surface area contributed by atoms with Crippen LogP contribution in [-0.2, 0) is 16.2 Å². The van der Waals surface area contributed by atoms with Gasteiger partial charge in [0.1, 0.15) is 0 Å². The van der Waals surface area contributed by atoms with Gasteiger partial charge in [-0.3, -0.25) is 0 Å². The van der Waals surface area contributed by atoms with E-state index in [0.717, 1.165) is 12.1 Å². The Morgan fingerprint density at radius 1 is 0.485 bits per heavy atom. The first-order valence-corrected chi connectivity index (χ1v) is 17.0. The third-order valence-corrected chi connectivity index (χ3v) is 15.4. The van der Waals surface area contributed by atoms with Gasteiger partial charge in [0.25, 0.3) is 0 Å². The summed E-state index contributed by atoms with van der Waals surface area (Å²) in [6, 6.07) is 41.8. The van der Waals surface area contributed by atoms with Crippen LogP contribution < -0.4 is 10.4 Å². The fourth-order valence-corrected chi connectivity index (χ4v) is 14.4. The SMILES string of the molecule is Cc1ccc(C[Si](C)(O[Si](C)(Cc2ccc(C)cc2)c2ccccc2)c2ccccc2)cc1. The van der Waals surface area contributed by atoms with Crippen LogP contribution in [0.5, 0.6) is 0 Å². The lowest BCUT2D eigenvalue weighted by Gasteiger charge is -2.39. The highest BCUT2D eigenvalue weighted by Crippen LogP contribution is 2.23. The summed E-state index contributed by atoms with van der Waals surface area (Å²) in [6.07, 6.45) is 0. The Morgan fingerprint density at radius 2 is 0.818 bits per heavy atom. The number of hydrogen-bond acceptors (Lipinski definition) is 1. The third kappa shape index (κ3) is 5.80. The van der Waals surface area contributed by atoms with Crippen molar-refractivity contribution in [2.45, 2.75) is 39.0 Å². The first-order valence-electron chi connectivity index (χ1n) is 11.8. The van der Waals surface area contributed by atoms with Crippen LogP contribution in [0.2, 0.25) is 13.1 Å². The minimum Gasteiger partial charge on any atom is -0.448 e. The van der Waals surface area contributed by atoms with E-state index in [4.69, 9.17) is 4.12 Å². The lowest BCUT2D eigenvalue weighted by Crippen LogP contribution is -2.63. The van der Waals surface area contributed by atoms with E-state index in [0.29, 0.717) is 0 Å². The highest BCUT2D eigenvalue weighted by molar-refractivity contribution is 6.97. The summed E-state index contributed by atoms with van der Waals surface area (Å²) in [5.74, 6) is 0. The second kappa shape index (κ2) is 10.0. The summed E-state index contributed by atoms with van der Waals surface area (Å²) >= 11 is 0. The number of rotatable bonds is 8. The predicted octanol–water partition coefficient (Wildman–Crippen LogP) is 6.15. The summed E-state index contributed by atoms with van der Waals surface area (Å²) in [6.45, 7) is 9.11. The van der Waals surface area contributed by atoms with Crippen molar-refractivity contribution in [3.8, 4) is 0 Å². The van der Waals surface area contributed by atoms with Crippen LogP contribution in [0.15, 0.2) is 109 Å². The smallest absolute Gasteiger partial charge is 0.213 e. The fraction of sp³-hybridized carbons (Fsp3) is 0.200. The van der Waals surface area contributed by atoms with Gasteiger partial charge in [-0.15, -0.1) is 0 Å². The second-order valence-electron chi connectivity index (χ2n) is 9.62. The average molecular weight is 467 g/mol. The Kier molecular flexibility index (Phi) is 7.13. The molecule has 0 N–H and O–H groups in total. The van der Waals surface area contributed by atoms with Gasteiger partial charge in [-0.2, -0.15) is 0 Å². The fourth-order valence-electron chi connectivity index (χ4n) is 4.66. The van der Waals surface area contributed by atoms with Crippen LogP contribution in [0, 0.1) is 13.8 Å².